The van der Waals surface area contributed by atoms with E-state index in [1.807, 2.05) is 6.92 Å². The first-order valence-electron chi connectivity index (χ1n) is 6.65. The van der Waals surface area contributed by atoms with E-state index in [0.717, 1.165) is 6.42 Å². The van der Waals surface area contributed by atoms with Gasteiger partial charge in [0.1, 0.15) is 0 Å². The van der Waals surface area contributed by atoms with Crippen molar-refractivity contribution in [1.82, 2.24) is 10.2 Å². The predicted octanol–water partition coefficient (Wildman–Crippen LogP) is 3.39. The van der Waals surface area contributed by atoms with Crippen molar-refractivity contribution in [3.05, 3.63) is 32.8 Å². The van der Waals surface area contributed by atoms with E-state index < -0.39 is 0 Å². The maximum absolute atomic E-state index is 12.3. The predicted molar refractivity (Wildman–Crippen MR) is 84.2 cm³/mol. The Morgan fingerprint density at radius 1 is 1.29 bits per heavy atom. The highest BCUT2D eigenvalue weighted by Gasteiger charge is 2.27. The number of benzene rings is 1. The third kappa shape index (κ3) is 3.82. The van der Waals surface area contributed by atoms with E-state index in [9.17, 15) is 9.59 Å². The molecule has 0 spiro atoms. The van der Waals surface area contributed by atoms with Crippen LogP contribution < -0.4 is 5.32 Å². The molecule has 2 rings (SSSR count). The van der Waals surface area contributed by atoms with Crippen molar-refractivity contribution < 1.29 is 9.59 Å². The number of nitrogens with zero attached hydrogens (tertiary/aromatic N) is 1. The Kier molecular flexibility index (Phi) is 5.36. The summed E-state index contributed by atoms with van der Waals surface area (Å²) in [5, 5.41) is 3.66. The lowest BCUT2D eigenvalue weighted by atomic mass is 10.2. The Balaban J connectivity index is 2.05. The van der Waals surface area contributed by atoms with Gasteiger partial charge in [-0.3, -0.25) is 9.59 Å². The first kappa shape index (κ1) is 16.4. The van der Waals surface area contributed by atoms with Crippen LogP contribution in [0.3, 0.4) is 0 Å². The average Bonchev–Trinajstić information content (AvgIpc) is 2.85. The van der Waals surface area contributed by atoms with E-state index in [1.54, 1.807) is 4.90 Å². The number of halogens is 3. The van der Waals surface area contributed by atoms with Crippen LogP contribution in [0, 0.1) is 0 Å². The average molecular weight is 350 g/mol. The van der Waals surface area contributed by atoms with Crippen LogP contribution in [0.1, 0.15) is 30.1 Å². The SMILES string of the molecule is CCC(=O)N1CC[C@@H](NC(=O)c2c(Cl)cc(Cl)cc2Cl)C1. The Morgan fingerprint density at radius 3 is 2.48 bits per heavy atom. The first-order chi connectivity index (χ1) is 9.92. The van der Waals surface area contributed by atoms with E-state index >= 15 is 0 Å². The molecule has 1 N–H and O–H groups in total. The molecule has 1 aromatic carbocycles. The molecule has 2 amide bonds. The second kappa shape index (κ2) is 6.86. The minimum Gasteiger partial charge on any atom is -0.347 e. The number of hydrogen-bond donors (Lipinski definition) is 1. The number of nitrogens with one attached hydrogen (secondary N) is 1. The zero-order valence-electron chi connectivity index (χ0n) is 11.5. The van der Waals surface area contributed by atoms with Crippen molar-refractivity contribution >= 4 is 46.6 Å². The molecule has 0 saturated carbocycles. The van der Waals surface area contributed by atoms with E-state index in [4.69, 9.17) is 34.8 Å². The monoisotopic (exact) mass is 348 g/mol. The summed E-state index contributed by atoms with van der Waals surface area (Å²) in [5.41, 5.74) is 0.211. The van der Waals surface area contributed by atoms with Gasteiger partial charge in [-0.2, -0.15) is 0 Å². The lowest BCUT2D eigenvalue weighted by Gasteiger charge is -2.17. The van der Waals surface area contributed by atoms with Crippen molar-refractivity contribution in [3.8, 4) is 0 Å². The van der Waals surface area contributed by atoms with Gasteiger partial charge in [-0.25, -0.2) is 0 Å². The number of carbonyl (C=O) groups excluding carboxylic acids is 2. The van der Waals surface area contributed by atoms with Crippen molar-refractivity contribution in [3.63, 3.8) is 0 Å². The molecule has 1 aliphatic rings. The summed E-state index contributed by atoms with van der Waals surface area (Å²) < 4.78 is 0. The van der Waals surface area contributed by atoms with Gasteiger partial charge >= 0.3 is 0 Å². The maximum atomic E-state index is 12.3. The van der Waals surface area contributed by atoms with E-state index in [2.05, 4.69) is 5.32 Å². The Bertz CT molecular complexity index is 554. The largest absolute Gasteiger partial charge is 0.347 e. The van der Waals surface area contributed by atoms with E-state index in [1.165, 1.54) is 12.1 Å². The van der Waals surface area contributed by atoms with Crippen LogP contribution in [0.15, 0.2) is 12.1 Å². The molecule has 0 aliphatic carbocycles. The van der Waals surface area contributed by atoms with Gasteiger partial charge < -0.3 is 10.2 Å². The van der Waals surface area contributed by atoms with Gasteiger partial charge in [0.2, 0.25) is 5.91 Å². The number of amides is 2. The van der Waals surface area contributed by atoms with Crippen LogP contribution in [0.25, 0.3) is 0 Å². The molecule has 114 valence electrons. The van der Waals surface area contributed by atoms with Gasteiger partial charge in [0.15, 0.2) is 0 Å². The molecule has 0 aromatic heterocycles. The summed E-state index contributed by atoms with van der Waals surface area (Å²) in [6, 6.07) is 2.87. The zero-order chi connectivity index (χ0) is 15.6. The fraction of sp³-hybridized carbons (Fsp3) is 0.429. The van der Waals surface area contributed by atoms with Crippen LogP contribution in [0.5, 0.6) is 0 Å². The molecule has 7 heteroatoms. The third-order valence-electron chi connectivity index (χ3n) is 3.41. The Hall–Kier alpha value is -0.970. The molecule has 1 atom stereocenters. The number of hydrogen-bond acceptors (Lipinski definition) is 2. The van der Waals surface area contributed by atoms with Crippen molar-refractivity contribution in [2.75, 3.05) is 13.1 Å². The highest BCUT2D eigenvalue weighted by molar-refractivity contribution is 6.42. The van der Waals surface area contributed by atoms with Crippen molar-refractivity contribution in [2.45, 2.75) is 25.8 Å². The fourth-order valence-corrected chi connectivity index (χ4v) is 3.33. The summed E-state index contributed by atoms with van der Waals surface area (Å²) in [5.74, 6) is -0.258. The normalized spacial score (nSPS) is 17.9. The van der Waals surface area contributed by atoms with Crippen LogP contribution in [0.2, 0.25) is 15.1 Å². The van der Waals surface area contributed by atoms with Gasteiger partial charge in [0.05, 0.1) is 15.6 Å². The number of likely N-dealkylation sites (tertiary alicyclic amines) is 1. The van der Waals surface area contributed by atoms with Crippen LogP contribution in [0.4, 0.5) is 0 Å². The molecule has 0 bridgehead atoms. The van der Waals surface area contributed by atoms with Crippen LogP contribution >= 0.6 is 34.8 Å². The summed E-state index contributed by atoms with van der Waals surface area (Å²) >= 11 is 17.9. The van der Waals surface area contributed by atoms with Gasteiger partial charge in [0, 0.05) is 30.6 Å². The minimum atomic E-state index is -0.350. The van der Waals surface area contributed by atoms with Crippen LogP contribution in [-0.4, -0.2) is 35.8 Å². The topological polar surface area (TPSA) is 49.4 Å². The molecule has 0 radical (unpaired) electrons. The van der Waals surface area contributed by atoms with E-state index in [-0.39, 0.29) is 33.5 Å². The highest BCUT2D eigenvalue weighted by atomic mass is 35.5. The fourth-order valence-electron chi connectivity index (χ4n) is 2.34. The van der Waals surface area contributed by atoms with Gasteiger partial charge in [-0.15, -0.1) is 0 Å². The highest BCUT2D eigenvalue weighted by Crippen LogP contribution is 2.29. The summed E-state index contributed by atoms with van der Waals surface area (Å²) in [7, 11) is 0. The molecular formula is C14H15Cl3N2O2. The second-order valence-corrected chi connectivity index (χ2v) is 6.15. The van der Waals surface area contributed by atoms with Crippen molar-refractivity contribution in [1.29, 1.82) is 0 Å². The summed E-state index contributed by atoms with van der Waals surface area (Å²) in [6.45, 7) is 2.99. The molecule has 1 fully saturated rings. The molecule has 1 heterocycles. The van der Waals surface area contributed by atoms with Gasteiger partial charge in [0.25, 0.3) is 5.91 Å². The molecule has 1 aromatic rings. The molecule has 21 heavy (non-hydrogen) atoms. The lowest BCUT2D eigenvalue weighted by molar-refractivity contribution is -0.129. The molecular weight excluding hydrogens is 335 g/mol. The molecule has 0 unspecified atom stereocenters. The Morgan fingerprint density at radius 2 is 1.90 bits per heavy atom. The minimum absolute atomic E-state index is 0.0872. The maximum Gasteiger partial charge on any atom is 0.254 e. The smallest absolute Gasteiger partial charge is 0.254 e. The Labute approximate surface area is 138 Å². The zero-order valence-corrected chi connectivity index (χ0v) is 13.7. The van der Waals surface area contributed by atoms with Crippen molar-refractivity contribution in [2.24, 2.45) is 0 Å². The summed E-state index contributed by atoms with van der Waals surface area (Å²) in [6.07, 6.45) is 1.19. The van der Waals surface area contributed by atoms with Gasteiger partial charge in [-0.05, 0) is 18.6 Å². The quantitative estimate of drug-likeness (QED) is 0.909. The standard InChI is InChI=1S/C14H15Cl3N2O2/c1-2-12(20)19-4-3-9(7-19)18-14(21)13-10(16)5-8(15)6-11(13)17/h5-6,9H,2-4,7H2,1H3,(H,18,21)/t9-/m1/s1. The third-order valence-corrected chi connectivity index (χ3v) is 4.23. The van der Waals surface area contributed by atoms with Gasteiger partial charge in [-0.1, -0.05) is 41.7 Å². The second-order valence-electron chi connectivity index (χ2n) is 4.90. The lowest BCUT2D eigenvalue weighted by Crippen LogP contribution is -2.38. The van der Waals surface area contributed by atoms with Crippen LogP contribution in [-0.2, 0) is 4.79 Å². The number of carbonyl (C=O) groups is 2. The van der Waals surface area contributed by atoms with E-state index in [0.29, 0.717) is 24.5 Å². The molecule has 1 aliphatic heterocycles. The molecule has 1 saturated heterocycles. The number of rotatable bonds is 3. The first-order valence-corrected chi connectivity index (χ1v) is 7.79. The molecule has 4 nitrogen and oxygen atoms in total. The summed E-state index contributed by atoms with van der Waals surface area (Å²) in [4.78, 5) is 25.6.